The van der Waals surface area contributed by atoms with Crippen molar-refractivity contribution in [3.8, 4) is 11.1 Å². The minimum absolute atomic E-state index is 0.00574. The zero-order chi connectivity index (χ0) is 34.9. The molecule has 0 aliphatic carbocycles. The number of carbonyl (C=O) groups excluding carboxylic acids is 2. The smallest absolute Gasteiger partial charge is 0.325 e. The quantitative estimate of drug-likeness (QED) is 0.201. The van der Waals surface area contributed by atoms with Gasteiger partial charge in [0.05, 0.1) is 25.4 Å². The van der Waals surface area contributed by atoms with Crippen molar-refractivity contribution in [2.24, 2.45) is 5.92 Å². The second-order valence-electron chi connectivity index (χ2n) is 13.8. The van der Waals surface area contributed by atoms with Crippen molar-refractivity contribution in [2.75, 3.05) is 45.9 Å². The van der Waals surface area contributed by atoms with Crippen LogP contribution in [0.1, 0.15) is 74.2 Å². The molecule has 3 aliphatic heterocycles. The summed E-state index contributed by atoms with van der Waals surface area (Å²) in [6, 6.07) is 24.6. The van der Waals surface area contributed by atoms with Gasteiger partial charge in [-0.25, -0.2) is 4.79 Å². The number of aliphatic hydroxyl groups excluding tert-OH is 1. The number of nitrogens with zero attached hydrogens (tertiary/aromatic N) is 2. The molecular formula is C40H52N4O6. The van der Waals surface area contributed by atoms with Crippen molar-refractivity contribution in [1.29, 1.82) is 0 Å². The maximum Gasteiger partial charge on any atom is 0.325 e. The number of aliphatic hydroxyl groups is 1. The highest BCUT2D eigenvalue weighted by Crippen LogP contribution is 2.42. The van der Waals surface area contributed by atoms with Crippen molar-refractivity contribution in [3.63, 3.8) is 0 Å². The first-order chi connectivity index (χ1) is 24.4. The summed E-state index contributed by atoms with van der Waals surface area (Å²) in [6.45, 7) is 9.97. The monoisotopic (exact) mass is 684 g/mol. The third kappa shape index (κ3) is 9.30. The number of amides is 2. The largest absolute Gasteiger partial charge is 0.465 e. The summed E-state index contributed by atoms with van der Waals surface area (Å²) in [5.74, 6) is -0.329. The fourth-order valence-corrected chi connectivity index (χ4v) is 7.47. The van der Waals surface area contributed by atoms with Crippen LogP contribution in [0.3, 0.4) is 0 Å². The van der Waals surface area contributed by atoms with Crippen LogP contribution in [-0.2, 0) is 32.2 Å². The van der Waals surface area contributed by atoms with Crippen LogP contribution in [-0.4, -0.2) is 84.9 Å². The highest BCUT2D eigenvalue weighted by atomic mass is 16.7. The molecule has 6 rings (SSSR count). The minimum Gasteiger partial charge on any atom is -0.465 e. The van der Waals surface area contributed by atoms with E-state index in [9.17, 15) is 14.7 Å². The number of carbonyl (C=O) groups is 2. The Bertz CT molecular complexity index is 1540. The molecule has 50 heavy (non-hydrogen) atoms. The van der Waals surface area contributed by atoms with Gasteiger partial charge in [0.2, 0.25) is 0 Å². The average Bonchev–Trinajstić information content (AvgIpc) is 3.83. The highest BCUT2D eigenvalue weighted by molar-refractivity contribution is 5.80. The molecule has 10 heteroatoms. The van der Waals surface area contributed by atoms with E-state index in [1.165, 1.54) is 38.8 Å². The lowest BCUT2D eigenvalue weighted by atomic mass is 9.89. The maximum absolute atomic E-state index is 12.2. The Balaban J connectivity index is 1.14. The summed E-state index contributed by atoms with van der Waals surface area (Å²) in [5.41, 5.74) is 5.96. The number of hydrogen-bond donors (Lipinski definition) is 3. The Morgan fingerprint density at radius 3 is 2.36 bits per heavy atom. The van der Waals surface area contributed by atoms with Crippen LogP contribution in [0.5, 0.6) is 0 Å². The molecule has 268 valence electrons. The Hall–Kier alpha value is -3.80. The molecule has 0 radical (unpaired) electrons. The first-order valence-corrected chi connectivity index (χ1v) is 18.2. The molecule has 5 atom stereocenters. The Morgan fingerprint density at radius 2 is 1.62 bits per heavy atom. The molecule has 3 N–H and O–H groups in total. The fourth-order valence-electron chi connectivity index (χ4n) is 7.47. The Morgan fingerprint density at radius 1 is 0.860 bits per heavy atom. The molecule has 0 saturated carbocycles. The van der Waals surface area contributed by atoms with Gasteiger partial charge >= 0.3 is 12.0 Å². The van der Waals surface area contributed by atoms with E-state index in [-0.39, 0.29) is 37.9 Å². The lowest BCUT2D eigenvalue weighted by Crippen LogP contribution is -2.48. The fraction of sp³-hybridized carbons (Fsp3) is 0.500. The van der Waals surface area contributed by atoms with Crippen LogP contribution >= 0.6 is 0 Å². The van der Waals surface area contributed by atoms with E-state index < -0.39 is 18.3 Å². The zero-order valence-corrected chi connectivity index (χ0v) is 29.4. The predicted octanol–water partition coefficient (Wildman–Crippen LogP) is 5.56. The SMILES string of the molecule is CCOC(=O)CNC(=O)NCc1cccc(-c2ccc([C@@H]3O[C@H](CN4CCC[C@H]4CN4CCCC4)[C@H](C)[C@H](c4ccc(CO)cc4)O3)cc2)c1. The molecule has 3 fully saturated rings. The van der Waals surface area contributed by atoms with Gasteiger partial charge in [-0.15, -0.1) is 0 Å². The van der Waals surface area contributed by atoms with Gasteiger partial charge in [-0.05, 0) is 86.1 Å². The summed E-state index contributed by atoms with van der Waals surface area (Å²) >= 11 is 0. The normalized spacial score (nSPS) is 24.3. The van der Waals surface area contributed by atoms with E-state index in [1.807, 2.05) is 36.4 Å². The summed E-state index contributed by atoms with van der Waals surface area (Å²) in [7, 11) is 0. The van der Waals surface area contributed by atoms with E-state index in [2.05, 4.69) is 63.8 Å². The molecule has 3 saturated heterocycles. The van der Waals surface area contributed by atoms with Gasteiger partial charge in [0.15, 0.2) is 6.29 Å². The number of rotatable bonds is 13. The molecular weight excluding hydrogens is 632 g/mol. The lowest BCUT2D eigenvalue weighted by molar-refractivity contribution is -0.276. The van der Waals surface area contributed by atoms with Gasteiger partial charge in [-0.1, -0.05) is 73.7 Å². The molecule has 0 spiro atoms. The molecule has 0 unspecified atom stereocenters. The summed E-state index contributed by atoms with van der Waals surface area (Å²) in [5, 5.41) is 15.0. The highest BCUT2D eigenvalue weighted by Gasteiger charge is 2.40. The van der Waals surface area contributed by atoms with E-state index >= 15 is 0 Å². The number of nitrogens with one attached hydrogen (secondary N) is 2. The van der Waals surface area contributed by atoms with Crippen LogP contribution < -0.4 is 10.6 Å². The van der Waals surface area contributed by atoms with Gasteiger partial charge in [-0.2, -0.15) is 0 Å². The first kappa shape index (κ1) is 36.0. The second-order valence-corrected chi connectivity index (χ2v) is 13.8. The van der Waals surface area contributed by atoms with Gasteiger partial charge < -0.3 is 34.9 Å². The van der Waals surface area contributed by atoms with E-state index in [4.69, 9.17) is 14.2 Å². The van der Waals surface area contributed by atoms with Gasteiger partial charge in [0.1, 0.15) is 6.54 Å². The van der Waals surface area contributed by atoms with Crippen LogP contribution in [0.25, 0.3) is 11.1 Å². The molecule has 10 nitrogen and oxygen atoms in total. The third-order valence-corrected chi connectivity index (χ3v) is 10.3. The van der Waals surface area contributed by atoms with Crippen molar-refractivity contribution in [3.05, 3.63) is 95.1 Å². The minimum atomic E-state index is -0.518. The van der Waals surface area contributed by atoms with Crippen LogP contribution in [0.2, 0.25) is 0 Å². The summed E-state index contributed by atoms with van der Waals surface area (Å²) in [4.78, 5) is 29.0. The Kier molecular flexibility index (Phi) is 12.5. The van der Waals surface area contributed by atoms with Crippen LogP contribution in [0.15, 0.2) is 72.8 Å². The molecule has 0 bridgehead atoms. The summed E-state index contributed by atoms with van der Waals surface area (Å²) in [6.07, 6.45) is 4.42. The maximum atomic E-state index is 12.2. The number of ether oxygens (including phenoxy) is 3. The van der Waals surface area contributed by atoms with Crippen LogP contribution in [0, 0.1) is 5.92 Å². The van der Waals surface area contributed by atoms with Crippen molar-refractivity contribution in [1.82, 2.24) is 20.4 Å². The molecule has 3 aromatic carbocycles. The molecule has 3 heterocycles. The standard InChI is InChI=1S/C40H52N4O6/c1-3-48-37(46)24-42-40(47)41-23-30-8-6-9-34(22-30)31-15-17-33(18-16-31)39-49-36(26-44-21-7-10-35(44)25-43-19-4-5-20-43)28(2)38(50-39)32-13-11-29(27-45)12-14-32/h6,8-9,11-18,22,28,35-36,38-39,45H,3-5,7,10,19-21,23-27H2,1-2H3,(H2,41,42,47)/t28-,35-,36+,38+,39+/m0/s1. The molecule has 3 aromatic rings. The number of likely N-dealkylation sites (tertiary alicyclic amines) is 2. The zero-order valence-electron chi connectivity index (χ0n) is 29.4. The topological polar surface area (TPSA) is 113 Å². The van der Waals surface area contributed by atoms with E-state index in [0.717, 1.165) is 53.0 Å². The molecule has 2 amide bonds. The second kappa shape index (κ2) is 17.4. The number of urea groups is 1. The van der Waals surface area contributed by atoms with Crippen molar-refractivity contribution >= 4 is 12.0 Å². The average molecular weight is 685 g/mol. The predicted molar refractivity (Wildman–Crippen MR) is 192 cm³/mol. The molecule has 0 aromatic heterocycles. The van der Waals surface area contributed by atoms with Crippen LogP contribution in [0.4, 0.5) is 4.79 Å². The summed E-state index contributed by atoms with van der Waals surface area (Å²) < 4.78 is 18.4. The first-order valence-electron chi connectivity index (χ1n) is 18.2. The van der Waals surface area contributed by atoms with Crippen molar-refractivity contribution < 1.29 is 28.9 Å². The van der Waals surface area contributed by atoms with E-state index in [1.54, 1.807) is 6.92 Å². The van der Waals surface area contributed by atoms with Gasteiger partial charge in [-0.3, -0.25) is 9.69 Å². The number of benzene rings is 3. The number of hydrogen-bond acceptors (Lipinski definition) is 8. The third-order valence-electron chi connectivity index (χ3n) is 10.3. The lowest BCUT2D eigenvalue weighted by Gasteiger charge is -2.43. The van der Waals surface area contributed by atoms with Gasteiger partial charge in [0.25, 0.3) is 0 Å². The Labute approximate surface area is 296 Å². The van der Waals surface area contributed by atoms with E-state index in [0.29, 0.717) is 12.6 Å². The number of esters is 1. The molecule has 3 aliphatic rings. The van der Waals surface area contributed by atoms with Crippen molar-refractivity contribution in [2.45, 2.75) is 77.2 Å². The van der Waals surface area contributed by atoms with Gasteiger partial charge in [0, 0.05) is 37.2 Å².